The Morgan fingerprint density at radius 1 is 1.15 bits per heavy atom. The lowest BCUT2D eigenvalue weighted by molar-refractivity contribution is -0.137. The number of rotatable bonds is 10. The van der Waals surface area contributed by atoms with Crippen LogP contribution in [0.2, 0.25) is 0 Å². The monoisotopic (exact) mass is 661 g/mol. The van der Waals surface area contributed by atoms with Gasteiger partial charge in [0.25, 0.3) is 5.91 Å². The zero-order valence-electron chi connectivity index (χ0n) is 26.5. The van der Waals surface area contributed by atoms with Crippen LogP contribution in [0, 0.1) is 0 Å². The van der Waals surface area contributed by atoms with Crippen LogP contribution in [0.4, 0.5) is 36.3 Å². The first-order chi connectivity index (χ1) is 21.6. The fourth-order valence-corrected chi connectivity index (χ4v) is 7.69. The van der Waals surface area contributed by atoms with Gasteiger partial charge in [0, 0.05) is 32.6 Å². The van der Waals surface area contributed by atoms with Crippen LogP contribution in [-0.4, -0.2) is 58.9 Å². The molecule has 1 unspecified atom stereocenters. The minimum atomic E-state index is -4.78. The molecule has 1 amide bonds. The van der Waals surface area contributed by atoms with Crippen molar-refractivity contribution in [1.29, 1.82) is 0 Å². The SMILES string of the molecule is CCOP(C)(=O)Cc1ccc(Nc2ncc(C(F)(F)F)c(Nc3ccc(C4CCC(C)(O)CC4)c4c3C(=O)N(C)C4)n2)c(OC)c1. The number of methoxy groups -OCH3 is 1. The molecule has 1 aliphatic carbocycles. The number of carbonyl (C=O) groups is 1. The Morgan fingerprint density at radius 3 is 2.50 bits per heavy atom. The van der Waals surface area contributed by atoms with Gasteiger partial charge in [0.1, 0.15) is 17.1 Å². The average Bonchev–Trinajstić information content (AvgIpc) is 3.27. The van der Waals surface area contributed by atoms with E-state index >= 15 is 0 Å². The molecular formula is C32H39F3N5O5P. The topological polar surface area (TPSA) is 126 Å². The number of hydrogen-bond donors (Lipinski definition) is 3. The summed E-state index contributed by atoms with van der Waals surface area (Å²) in [6, 6.07) is 8.51. The molecule has 10 nitrogen and oxygen atoms in total. The van der Waals surface area contributed by atoms with Gasteiger partial charge < -0.3 is 29.9 Å². The third kappa shape index (κ3) is 7.32. The second kappa shape index (κ2) is 12.8. The van der Waals surface area contributed by atoms with Crippen molar-refractivity contribution < 1.29 is 36.9 Å². The second-order valence-electron chi connectivity index (χ2n) is 12.3. The number of nitrogens with zero attached hydrogens (tertiary/aromatic N) is 3. The Hall–Kier alpha value is -3.67. The smallest absolute Gasteiger partial charge is 0.421 e. The van der Waals surface area contributed by atoms with Gasteiger partial charge >= 0.3 is 6.18 Å². The van der Waals surface area contributed by atoms with Gasteiger partial charge in [-0.1, -0.05) is 12.1 Å². The number of amides is 1. The lowest BCUT2D eigenvalue weighted by Gasteiger charge is -2.34. The predicted octanol–water partition coefficient (Wildman–Crippen LogP) is 7.43. The van der Waals surface area contributed by atoms with Crippen LogP contribution in [0.5, 0.6) is 5.75 Å². The number of ether oxygens (including phenoxy) is 1. The summed E-state index contributed by atoms with van der Waals surface area (Å²) in [5.41, 5.74) is 1.54. The molecule has 1 saturated carbocycles. The number of aliphatic hydroxyl groups is 1. The molecule has 2 aromatic carbocycles. The number of anilines is 4. The van der Waals surface area contributed by atoms with E-state index in [1.54, 1.807) is 44.9 Å². The van der Waals surface area contributed by atoms with Gasteiger partial charge in [0.2, 0.25) is 13.3 Å². The fourth-order valence-electron chi connectivity index (χ4n) is 6.20. The molecule has 3 aromatic rings. The molecule has 3 N–H and O–H groups in total. The lowest BCUT2D eigenvalue weighted by atomic mass is 9.75. The summed E-state index contributed by atoms with van der Waals surface area (Å²) < 4.78 is 66.0. The standard InChI is InChI=1S/C32H39F3N5O5P/c1-6-45-46(5,43)18-19-7-9-24(26(15-19)44-4)38-30-36-16-23(32(33,34)35)28(39-30)37-25-10-8-21(20-11-13-31(2,42)14-12-20)22-17-40(3)29(41)27(22)25/h7-10,15-16,20,42H,6,11-14,17-18H2,1-5H3,(H2,36,37,38,39). The van der Waals surface area contributed by atoms with Crippen molar-refractivity contribution in [2.45, 2.75) is 69.9 Å². The van der Waals surface area contributed by atoms with Crippen molar-refractivity contribution in [3.05, 3.63) is 64.3 Å². The van der Waals surface area contributed by atoms with Crippen molar-refractivity contribution in [1.82, 2.24) is 14.9 Å². The molecule has 1 atom stereocenters. The molecule has 1 aromatic heterocycles. The fraction of sp³-hybridized carbons (Fsp3) is 0.469. The summed E-state index contributed by atoms with van der Waals surface area (Å²) in [5, 5.41) is 16.1. The van der Waals surface area contributed by atoms with Crippen LogP contribution in [0.15, 0.2) is 36.5 Å². The van der Waals surface area contributed by atoms with Crippen molar-refractivity contribution >= 4 is 36.4 Å². The van der Waals surface area contributed by atoms with E-state index < -0.39 is 30.5 Å². The first-order valence-corrected chi connectivity index (χ1v) is 17.4. The minimum Gasteiger partial charge on any atom is -0.495 e. The lowest BCUT2D eigenvalue weighted by Crippen LogP contribution is -2.29. The van der Waals surface area contributed by atoms with Crippen LogP contribution in [0.1, 0.15) is 78.1 Å². The van der Waals surface area contributed by atoms with E-state index in [0.29, 0.717) is 54.8 Å². The van der Waals surface area contributed by atoms with E-state index in [4.69, 9.17) is 9.26 Å². The predicted molar refractivity (Wildman–Crippen MR) is 170 cm³/mol. The molecule has 1 fully saturated rings. The maximum atomic E-state index is 14.2. The third-order valence-corrected chi connectivity index (χ3v) is 10.3. The Balaban J connectivity index is 1.47. The molecule has 0 spiro atoms. The van der Waals surface area contributed by atoms with Gasteiger partial charge in [-0.25, -0.2) is 4.98 Å². The van der Waals surface area contributed by atoms with Crippen LogP contribution in [-0.2, 0) is 28.0 Å². The van der Waals surface area contributed by atoms with E-state index in [1.807, 2.05) is 13.0 Å². The zero-order valence-corrected chi connectivity index (χ0v) is 27.4. The molecule has 0 radical (unpaired) electrons. The van der Waals surface area contributed by atoms with Crippen molar-refractivity contribution in [2.24, 2.45) is 0 Å². The third-order valence-electron chi connectivity index (χ3n) is 8.54. The number of alkyl halides is 3. The van der Waals surface area contributed by atoms with Gasteiger partial charge in [0.15, 0.2) is 0 Å². The zero-order chi connectivity index (χ0) is 33.4. The Kier molecular flexibility index (Phi) is 9.41. The summed E-state index contributed by atoms with van der Waals surface area (Å²) >= 11 is 0. The van der Waals surface area contributed by atoms with Gasteiger partial charge in [-0.05, 0) is 80.3 Å². The second-order valence-corrected chi connectivity index (χ2v) is 14.9. The molecule has 0 bridgehead atoms. The Bertz CT molecular complexity index is 1670. The van der Waals surface area contributed by atoms with Crippen LogP contribution in [0.3, 0.4) is 0 Å². The highest BCUT2D eigenvalue weighted by atomic mass is 31.2. The normalized spacial score (nSPS) is 21.1. The van der Waals surface area contributed by atoms with Crippen LogP contribution < -0.4 is 15.4 Å². The molecule has 2 aliphatic rings. The Labute approximate surface area is 266 Å². The molecule has 248 valence electrons. The van der Waals surface area contributed by atoms with Crippen molar-refractivity contribution in [3.8, 4) is 5.75 Å². The summed E-state index contributed by atoms with van der Waals surface area (Å²) in [6.07, 6.45) is -1.16. The number of hydrogen-bond acceptors (Lipinski definition) is 9. The van der Waals surface area contributed by atoms with Crippen LogP contribution in [0.25, 0.3) is 0 Å². The first-order valence-electron chi connectivity index (χ1n) is 15.1. The first kappa shape index (κ1) is 33.7. The highest BCUT2D eigenvalue weighted by Crippen LogP contribution is 2.47. The van der Waals surface area contributed by atoms with Gasteiger partial charge in [0.05, 0.1) is 36.3 Å². The highest BCUT2D eigenvalue weighted by molar-refractivity contribution is 7.57. The highest BCUT2D eigenvalue weighted by Gasteiger charge is 2.38. The number of benzene rings is 2. The van der Waals surface area contributed by atoms with Crippen molar-refractivity contribution in [3.63, 3.8) is 0 Å². The number of aromatic nitrogens is 2. The maximum Gasteiger partial charge on any atom is 0.421 e. The Morgan fingerprint density at radius 2 is 1.85 bits per heavy atom. The summed E-state index contributed by atoms with van der Waals surface area (Å²) in [5.74, 6) is -0.474. The van der Waals surface area contributed by atoms with Gasteiger partial charge in [-0.2, -0.15) is 18.2 Å². The van der Waals surface area contributed by atoms with E-state index in [1.165, 1.54) is 12.0 Å². The van der Waals surface area contributed by atoms with Gasteiger partial charge in [-0.15, -0.1) is 0 Å². The molecule has 1 aliphatic heterocycles. The summed E-state index contributed by atoms with van der Waals surface area (Å²) in [7, 11) is 0.223. The molecule has 5 rings (SSSR count). The molecule has 2 heterocycles. The number of halogens is 3. The minimum absolute atomic E-state index is 0.132. The molecule has 14 heteroatoms. The summed E-state index contributed by atoms with van der Waals surface area (Å²) in [4.78, 5) is 22.9. The number of nitrogens with one attached hydrogen (secondary N) is 2. The molecule has 46 heavy (non-hydrogen) atoms. The van der Waals surface area contributed by atoms with E-state index in [2.05, 4.69) is 20.6 Å². The van der Waals surface area contributed by atoms with E-state index in [0.717, 1.165) is 24.0 Å². The van der Waals surface area contributed by atoms with Crippen LogP contribution >= 0.6 is 7.37 Å². The quantitative estimate of drug-likeness (QED) is 0.190. The maximum absolute atomic E-state index is 14.2. The van der Waals surface area contributed by atoms with Crippen molar-refractivity contribution in [2.75, 3.05) is 38.1 Å². The van der Waals surface area contributed by atoms with E-state index in [9.17, 15) is 27.6 Å². The van der Waals surface area contributed by atoms with E-state index in [-0.39, 0.29) is 29.6 Å². The number of fused-ring (bicyclic) bond motifs is 1. The number of carbonyl (C=O) groups excluding carboxylic acids is 1. The molecule has 0 saturated heterocycles. The average molecular weight is 662 g/mol. The van der Waals surface area contributed by atoms with Gasteiger partial charge in [-0.3, -0.25) is 9.36 Å². The molecular weight excluding hydrogens is 622 g/mol. The largest absolute Gasteiger partial charge is 0.495 e. The summed E-state index contributed by atoms with van der Waals surface area (Å²) in [6.45, 7) is 5.79.